The van der Waals surface area contributed by atoms with Crippen LogP contribution in [0.1, 0.15) is 38.8 Å². The molecule has 0 aromatic heterocycles. The Bertz CT molecular complexity index is 600. The number of hydrogen-bond acceptors (Lipinski definition) is 3. The molecule has 0 amide bonds. The molecule has 0 saturated heterocycles. The number of aryl methyl sites for hydroxylation is 1. The summed E-state index contributed by atoms with van der Waals surface area (Å²) < 4.78 is 27.5. The van der Waals surface area contributed by atoms with Gasteiger partial charge in [-0.1, -0.05) is 25.1 Å². The van der Waals surface area contributed by atoms with Gasteiger partial charge in [-0.15, -0.1) is 6.58 Å². The van der Waals surface area contributed by atoms with E-state index in [1.165, 1.54) is 4.31 Å². The van der Waals surface area contributed by atoms with E-state index in [2.05, 4.69) is 6.58 Å². The lowest BCUT2D eigenvalue weighted by atomic mass is 10.1. The van der Waals surface area contributed by atoms with Gasteiger partial charge in [0.1, 0.15) is 0 Å². The molecule has 1 N–H and O–H groups in total. The number of hydrogen-bond donors (Lipinski definition) is 1. The van der Waals surface area contributed by atoms with Crippen molar-refractivity contribution in [3.63, 3.8) is 0 Å². The molecule has 0 radical (unpaired) electrons. The zero-order chi connectivity index (χ0) is 16.3. The zero-order valence-corrected chi connectivity index (χ0v) is 14.1. The average molecular weight is 311 g/mol. The summed E-state index contributed by atoms with van der Waals surface area (Å²) in [6, 6.07) is 5.09. The van der Waals surface area contributed by atoms with Gasteiger partial charge in [0.15, 0.2) is 0 Å². The van der Waals surface area contributed by atoms with Gasteiger partial charge in [0.05, 0.1) is 11.5 Å². The molecule has 0 bridgehead atoms. The largest absolute Gasteiger partial charge is 0.392 e. The summed E-state index contributed by atoms with van der Waals surface area (Å²) in [5, 5.41) is 9.27. The van der Waals surface area contributed by atoms with Crippen molar-refractivity contribution < 1.29 is 13.5 Å². The maximum Gasteiger partial charge on any atom is 0.244 e. The van der Waals surface area contributed by atoms with E-state index in [1.54, 1.807) is 24.3 Å². The first-order valence-electron chi connectivity index (χ1n) is 7.04. The van der Waals surface area contributed by atoms with Crippen molar-refractivity contribution in [2.45, 2.75) is 51.2 Å². The van der Waals surface area contributed by atoms with Crippen LogP contribution >= 0.6 is 0 Å². The van der Waals surface area contributed by atoms with E-state index in [0.29, 0.717) is 12.0 Å². The van der Waals surface area contributed by atoms with E-state index < -0.39 is 15.6 Å². The molecule has 0 spiro atoms. The average Bonchev–Trinajstić information content (AvgIpc) is 2.42. The van der Waals surface area contributed by atoms with Crippen LogP contribution in [0.3, 0.4) is 0 Å². The SMILES string of the molecule is C=CCN(C(C)(C)C)S(=O)(=O)c1cc(CO)ccc1CC. The Morgan fingerprint density at radius 2 is 1.95 bits per heavy atom. The second-order valence-electron chi connectivity index (χ2n) is 5.95. The van der Waals surface area contributed by atoms with Crippen LogP contribution < -0.4 is 0 Å². The first-order chi connectivity index (χ1) is 9.68. The van der Waals surface area contributed by atoms with Gasteiger partial charge in [-0.3, -0.25) is 0 Å². The van der Waals surface area contributed by atoms with Gasteiger partial charge >= 0.3 is 0 Å². The Balaban J connectivity index is 3.50. The number of sulfonamides is 1. The summed E-state index contributed by atoms with van der Waals surface area (Å²) in [5.74, 6) is 0. The molecular formula is C16H25NO3S. The van der Waals surface area contributed by atoms with Crippen LogP contribution in [0.4, 0.5) is 0 Å². The zero-order valence-electron chi connectivity index (χ0n) is 13.3. The molecule has 1 aromatic rings. The molecule has 1 aromatic carbocycles. The van der Waals surface area contributed by atoms with Crippen LogP contribution in [0.15, 0.2) is 35.7 Å². The van der Waals surface area contributed by atoms with E-state index in [9.17, 15) is 13.5 Å². The molecule has 5 heteroatoms. The highest BCUT2D eigenvalue weighted by molar-refractivity contribution is 7.89. The first-order valence-corrected chi connectivity index (χ1v) is 8.48. The van der Waals surface area contributed by atoms with Gasteiger partial charge in [0.2, 0.25) is 10.0 Å². The molecule has 0 aliphatic heterocycles. The molecule has 0 unspecified atom stereocenters. The van der Waals surface area contributed by atoms with Crippen LogP contribution in [0.5, 0.6) is 0 Å². The van der Waals surface area contributed by atoms with Crippen LogP contribution in [-0.2, 0) is 23.1 Å². The lowest BCUT2D eigenvalue weighted by molar-refractivity contribution is 0.269. The number of aliphatic hydroxyl groups excluding tert-OH is 1. The van der Waals surface area contributed by atoms with Crippen molar-refractivity contribution in [1.82, 2.24) is 4.31 Å². The minimum absolute atomic E-state index is 0.177. The van der Waals surface area contributed by atoms with Crippen molar-refractivity contribution in [2.24, 2.45) is 0 Å². The lowest BCUT2D eigenvalue weighted by Gasteiger charge is -2.34. The second-order valence-corrected chi connectivity index (χ2v) is 7.78. The van der Waals surface area contributed by atoms with E-state index in [1.807, 2.05) is 27.7 Å². The highest BCUT2D eigenvalue weighted by Crippen LogP contribution is 2.28. The molecule has 0 heterocycles. The van der Waals surface area contributed by atoms with Crippen LogP contribution in [0.2, 0.25) is 0 Å². The van der Waals surface area contributed by atoms with E-state index >= 15 is 0 Å². The molecular weight excluding hydrogens is 286 g/mol. The monoisotopic (exact) mass is 311 g/mol. The summed E-state index contributed by atoms with van der Waals surface area (Å²) in [6.07, 6.45) is 2.21. The van der Waals surface area contributed by atoms with Gasteiger partial charge in [0.25, 0.3) is 0 Å². The maximum atomic E-state index is 13.0. The van der Waals surface area contributed by atoms with Gasteiger partial charge in [-0.05, 0) is 44.4 Å². The highest BCUT2D eigenvalue weighted by atomic mass is 32.2. The van der Waals surface area contributed by atoms with Crippen molar-refractivity contribution in [3.05, 3.63) is 42.0 Å². The fraction of sp³-hybridized carbons (Fsp3) is 0.500. The van der Waals surface area contributed by atoms with Crippen molar-refractivity contribution >= 4 is 10.0 Å². The predicted octanol–water partition coefficient (Wildman–Crippen LogP) is 2.72. The summed E-state index contributed by atoms with van der Waals surface area (Å²) in [6.45, 7) is 11.2. The Morgan fingerprint density at radius 3 is 2.38 bits per heavy atom. The third-order valence-corrected chi connectivity index (χ3v) is 5.52. The predicted molar refractivity (Wildman–Crippen MR) is 85.6 cm³/mol. The number of nitrogens with zero attached hydrogens (tertiary/aromatic N) is 1. The first kappa shape index (κ1) is 17.9. The quantitative estimate of drug-likeness (QED) is 0.822. The fourth-order valence-corrected chi connectivity index (χ4v) is 4.30. The Morgan fingerprint density at radius 1 is 1.33 bits per heavy atom. The van der Waals surface area contributed by atoms with Crippen molar-refractivity contribution in [2.75, 3.05) is 6.54 Å². The fourth-order valence-electron chi connectivity index (χ4n) is 2.20. The number of aliphatic hydroxyl groups is 1. The van der Waals surface area contributed by atoms with E-state index in [-0.39, 0.29) is 18.0 Å². The van der Waals surface area contributed by atoms with E-state index in [4.69, 9.17) is 0 Å². The van der Waals surface area contributed by atoms with Crippen LogP contribution in [0, 0.1) is 0 Å². The molecule has 0 aliphatic carbocycles. The highest BCUT2D eigenvalue weighted by Gasteiger charge is 2.34. The van der Waals surface area contributed by atoms with Gasteiger partial charge in [0, 0.05) is 12.1 Å². The minimum atomic E-state index is -3.65. The van der Waals surface area contributed by atoms with Gasteiger partial charge < -0.3 is 5.11 Å². The molecule has 4 nitrogen and oxygen atoms in total. The standard InChI is InChI=1S/C16H25NO3S/c1-6-10-17(16(3,4)5)21(19,20)15-11-13(12-18)8-9-14(15)7-2/h6,8-9,11,18H,1,7,10,12H2,2-5H3. The summed E-state index contributed by atoms with van der Waals surface area (Å²) in [7, 11) is -3.65. The summed E-state index contributed by atoms with van der Waals surface area (Å²) >= 11 is 0. The Kier molecular flexibility index (Phi) is 5.73. The molecule has 21 heavy (non-hydrogen) atoms. The van der Waals surface area contributed by atoms with Crippen LogP contribution in [0.25, 0.3) is 0 Å². The molecule has 0 fully saturated rings. The molecule has 0 atom stereocenters. The smallest absolute Gasteiger partial charge is 0.244 e. The molecule has 0 saturated carbocycles. The molecule has 1 rings (SSSR count). The van der Waals surface area contributed by atoms with Gasteiger partial charge in [-0.25, -0.2) is 8.42 Å². The number of benzene rings is 1. The summed E-state index contributed by atoms with van der Waals surface area (Å²) in [5.41, 5.74) is 0.802. The van der Waals surface area contributed by atoms with Crippen molar-refractivity contribution in [3.8, 4) is 0 Å². The lowest BCUT2D eigenvalue weighted by Crippen LogP contribution is -2.45. The minimum Gasteiger partial charge on any atom is -0.392 e. The van der Waals surface area contributed by atoms with Gasteiger partial charge in [-0.2, -0.15) is 4.31 Å². The molecule has 118 valence electrons. The Labute approximate surface area is 128 Å². The third kappa shape index (κ3) is 3.93. The maximum absolute atomic E-state index is 13.0. The topological polar surface area (TPSA) is 57.6 Å². The molecule has 0 aliphatic rings. The normalized spacial score (nSPS) is 12.7. The second kappa shape index (κ2) is 6.73. The Hall–Kier alpha value is -1.17. The number of rotatable bonds is 6. The van der Waals surface area contributed by atoms with Crippen molar-refractivity contribution in [1.29, 1.82) is 0 Å². The third-order valence-electron chi connectivity index (χ3n) is 3.31. The summed E-state index contributed by atoms with van der Waals surface area (Å²) in [4.78, 5) is 0.272. The van der Waals surface area contributed by atoms with Crippen LogP contribution in [-0.4, -0.2) is 29.9 Å². The van der Waals surface area contributed by atoms with E-state index in [0.717, 1.165) is 5.56 Å².